The number of carbonyl (C=O) groups is 1. The fourth-order valence-corrected chi connectivity index (χ4v) is 3.02. The third-order valence-corrected chi connectivity index (χ3v) is 4.24. The highest BCUT2D eigenvalue weighted by Crippen LogP contribution is 2.33. The van der Waals surface area contributed by atoms with E-state index in [2.05, 4.69) is 10.6 Å². The minimum atomic E-state index is -0.433. The van der Waals surface area contributed by atoms with Gasteiger partial charge in [-0.3, -0.25) is 4.79 Å². The van der Waals surface area contributed by atoms with Crippen LogP contribution in [0.3, 0.4) is 0 Å². The normalized spacial score (nSPS) is 28.3. The van der Waals surface area contributed by atoms with Crippen molar-refractivity contribution in [2.75, 3.05) is 17.7 Å². The van der Waals surface area contributed by atoms with Crippen LogP contribution in [0.5, 0.6) is 5.75 Å². The third kappa shape index (κ3) is 3.13. The molecule has 114 valence electrons. The second-order valence-electron chi connectivity index (χ2n) is 5.83. The van der Waals surface area contributed by atoms with Crippen LogP contribution in [0.15, 0.2) is 18.2 Å². The molecular weight excluding hydrogens is 268 g/mol. The van der Waals surface area contributed by atoms with Gasteiger partial charge in [-0.15, -0.1) is 0 Å². The topological polar surface area (TPSA) is 59.6 Å². The van der Waals surface area contributed by atoms with Crippen LogP contribution in [0, 0.1) is 0 Å². The quantitative estimate of drug-likeness (QED) is 0.898. The van der Waals surface area contributed by atoms with E-state index in [1.807, 2.05) is 18.2 Å². The zero-order valence-corrected chi connectivity index (χ0v) is 12.5. The van der Waals surface area contributed by atoms with Gasteiger partial charge in [0.25, 0.3) is 5.91 Å². The standard InChI is InChI=1S/C16H22N2O3/c1-10-16(19)18-14-9-12(6-7-15(14)21-10)17-11-4-3-5-13(8-11)20-2/h6-7,9-11,13,17H,3-5,8H2,1-2H3,(H,18,19). The van der Waals surface area contributed by atoms with Crippen molar-refractivity contribution < 1.29 is 14.3 Å². The molecule has 0 aromatic heterocycles. The largest absolute Gasteiger partial charge is 0.479 e. The zero-order valence-electron chi connectivity index (χ0n) is 12.5. The van der Waals surface area contributed by atoms with Crippen LogP contribution < -0.4 is 15.4 Å². The Balaban J connectivity index is 1.69. The van der Waals surface area contributed by atoms with Gasteiger partial charge in [-0.05, 0) is 50.8 Å². The summed E-state index contributed by atoms with van der Waals surface area (Å²) >= 11 is 0. The Morgan fingerprint density at radius 3 is 3.05 bits per heavy atom. The average Bonchev–Trinajstić information content (AvgIpc) is 2.49. The van der Waals surface area contributed by atoms with E-state index >= 15 is 0 Å². The van der Waals surface area contributed by atoms with Crippen LogP contribution in [0.2, 0.25) is 0 Å². The van der Waals surface area contributed by atoms with Crippen LogP contribution in [0.25, 0.3) is 0 Å². The first kappa shape index (κ1) is 14.2. The summed E-state index contributed by atoms with van der Waals surface area (Å²) in [6.07, 6.45) is 4.40. The highest BCUT2D eigenvalue weighted by Gasteiger charge is 2.25. The first-order valence-corrected chi connectivity index (χ1v) is 7.56. The summed E-state index contributed by atoms with van der Waals surface area (Å²) in [5.74, 6) is 0.628. The first-order chi connectivity index (χ1) is 10.2. The van der Waals surface area contributed by atoms with Gasteiger partial charge in [0.2, 0.25) is 0 Å². The molecule has 2 N–H and O–H groups in total. The second-order valence-corrected chi connectivity index (χ2v) is 5.83. The highest BCUT2D eigenvalue weighted by atomic mass is 16.5. The summed E-state index contributed by atoms with van der Waals surface area (Å²) < 4.78 is 11.0. The summed E-state index contributed by atoms with van der Waals surface area (Å²) in [6, 6.07) is 6.26. The number of fused-ring (bicyclic) bond motifs is 1. The number of benzene rings is 1. The molecule has 5 heteroatoms. The molecule has 1 aliphatic carbocycles. The number of amides is 1. The van der Waals surface area contributed by atoms with Crippen molar-refractivity contribution in [1.29, 1.82) is 0 Å². The van der Waals surface area contributed by atoms with Gasteiger partial charge in [-0.1, -0.05) is 0 Å². The van der Waals surface area contributed by atoms with E-state index in [1.165, 1.54) is 6.42 Å². The summed E-state index contributed by atoms with van der Waals surface area (Å²) in [4.78, 5) is 11.7. The van der Waals surface area contributed by atoms with Gasteiger partial charge < -0.3 is 20.1 Å². The molecule has 1 aliphatic heterocycles. The molecule has 3 unspecified atom stereocenters. The molecule has 0 bridgehead atoms. The molecular formula is C16H22N2O3. The summed E-state index contributed by atoms with van der Waals surface area (Å²) in [7, 11) is 1.78. The van der Waals surface area contributed by atoms with Crippen LogP contribution in [0.1, 0.15) is 32.6 Å². The van der Waals surface area contributed by atoms with Crippen LogP contribution in [0.4, 0.5) is 11.4 Å². The summed E-state index contributed by atoms with van der Waals surface area (Å²) in [5.41, 5.74) is 1.75. The lowest BCUT2D eigenvalue weighted by Gasteiger charge is -2.30. The smallest absolute Gasteiger partial charge is 0.265 e. The maximum atomic E-state index is 11.7. The minimum absolute atomic E-state index is 0.100. The van der Waals surface area contributed by atoms with Gasteiger partial charge in [0.15, 0.2) is 6.10 Å². The van der Waals surface area contributed by atoms with E-state index in [4.69, 9.17) is 9.47 Å². The SMILES string of the molecule is COC1CCCC(Nc2ccc3c(c2)NC(=O)C(C)O3)C1. The number of methoxy groups -OCH3 is 1. The zero-order chi connectivity index (χ0) is 14.8. The number of carbonyl (C=O) groups excluding carboxylic acids is 1. The molecule has 2 aliphatic rings. The molecule has 1 heterocycles. The Morgan fingerprint density at radius 2 is 2.24 bits per heavy atom. The van der Waals surface area contributed by atoms with Gasteiger partial charge in [-0.25, -0.2) is 0 Å². The predicted octanol–water partition coefficient (Wildman–Crippen LogP) is 2.78. The van der Waals surface area contributed by atoms with Crippen LogP contribution >= 0.6 is 0 Å². The molecule has 3 rings (SSSR count). The lowest BCUT2D eigenvalue weighted by Crippen LogP contribution is -2.34. The fourth-order valence-electron chi connectivity index (χ4n) is 3.02. The third-order valence-electron chi connectivity index (χ3n) is 4.24. The van der Waals surface area contributed by atoms with E-state index in [-0.39, 0.29) is 5.91 Å². The Bertz CT molecular complexity index is 532. The van der Waals surface area contributed by atoms with Gasteiger partial charge in [0, 0.05) is 18.8 Å². The Kier molecular flexibility index (Phi) is 4.01. The van der Waals surface area contributed by atoms with Crippen molar-refractivity contribution in [2.24, 2.45) is 0 Å². The Labute approximate surface area is 125 Å². The predicted molar refractivity (Wildman–Crippen MR) is 81.8 cm³/mol. The van der Waals surface area contributed by atoms with Crippen molar-refractivity contribution in [3.63, 3.8) is 0 Å². The van der Waals surface area contributed by atoms with Gasteiger partial charge in [0.05, 0.1) is 11.8 Å². The van der Waals surface area contributed by atoms with E-state index in [9.17, 15) is 4.79 Å². The maximum Gasteiger partial charge on any atom is 0.265 e. The number of rotatable bonds is 3. The molecule has 21 heavy (non-hydrogen) atoms. The Hall–Kier alpha value is -1.75. The van der Waals surface area contributed by atoms with Gasteiger partial charge in [-0.2, -0.15) is 0 Å². The molecule has 3 atom stereocenters. The highest BCUT2D eigenvalue weighted by molar-refractivity contribution is 5.98. The van der Waals surface area contributed by atoms with Crippen LogP contribution in [-0.2, 0) is 9.53 Å². The van der Waals surface area contributed by atoms with E-state index < -0.39 is 6.10 Å². The van der Waals surface area contributed by atoms with E-state index in [0.717, 1.165) is 36.4 Å². The fraction of sp³-hybridized carbons (Fsp3) is 0.562. The molecule has 0 saturated heterocycles. The van der Waals surface area contributed by atoms with Gasteiger partial charge >= 0.3 is 0 Å². The molecule has 0 radical (unpaired) electrons. The molecule has 5 nitrogen and oxygen atoms in total. The monoisotopic (exact) mass is 290 g/mol. The number of anilines is 2. The number of nitrogens with one attached hydrogen (secondary N) is 2. The lowest BCUT2D eigenvalue weighted by molar-refractivity contribution is -0.122. The molecule has 1 fully saturated rings. The van der Waals surface area contributed by atoms with Crippen molar-refractivity contribution in [3.8, 4) is 5.75 Å². The van der Waals surface area contributed by atoms with Crippen LogP contribution in [-0.4, -0.2) is 31.3 Å². The van der Waals surface area contributed by atoms with E-state index in [1.54, 1.807) is 14.0 Å². The molecule has 1 aromatic rings. The summed E-state index contributed by atoms with van der Waals surface area (Å²) in [5, 5.41) is 6.41. The Morgan fingerprint density at radius 1 is 1.38 bits per heavy atom. The van der Waals surface area contributed by atoms with Crippen molar-refractivity contribution in [1.82, 2.24) is 0 Å². The first-order valence-electron chi connectivity index (χ1n) is 7.56. The van der Waals surface area contributed by atoms with E-state index in [0.29, 0.717) is 12.1 Å². The molecule has 1 amide bonds. The minimum Gasteiger partial charge on any atom is -0.479 e. The maximum absolute atomic E-state index is 11.7. The van der Waals surface area contributed by atoms with Gasteiger partial charge in [0.1, 0.15) is 5.75 Å². The lowest BCUT2D eigenvalue weighted by atomic mass is 9.92. The van der Waals surface area contributed by atoms with Crippen molar-refractivity contribution >= 4 is 17.3 Å². The molecule has 1 saturated carbocycles. The number of hydrogen-bond acceptors (Lipinski definition) is 4. The molecule has 1 aromatic carbocycles. The summed E-state index contributed by atoms with van der Waals surface area (Å²) in [6.45, 7) is 1.75. The number of hydrogen-bond donors (Lipinski definition) is 2. The van der Waals surface area contributed by atoms with Crippen molar-refractivity contribution in [3.05, 3.63) is 18.2 Å². The average molecular weight is 290 g/mol. The van der Waals surface area contributed by atoms with Crippen molar-refractivity contribution in [2.45, 2.75) is 50.9 Å². The number of ether oxygens (including phenoxy) is 2. The molecule has 0 spiro atoms. The second kappa shape index (κ2) is 5.93.